The van der Waals surface area contributed by atoms with E-state index in [9.17, 15) is 9.90 Å². The van der Waals surface area contributed by atoms with E-state index in [0.29, 0.717) is 31.3 Å². The summed E-state index contributed by atoms with van der Waals surface area (Å²) in [6, 6.07) is 2.30. The lowest BCUT2D eigenvalue weighted by Crippen LogP contribution is -2.62. The van der Waals surface area contributed by atoms with Crippen molar-refractivity contribution in [1.82, 2.24) is 14.8 Å². The van der Waals surface area contributed by atoms with E-state index in [1.807, 2.05) is 4.90 Å². The largest absolute Gasteiger partial charge is 0.505 e. The molecule has 6 nitrogen and oxygen atoms in total. The van der Waals surface area contributed by atoms with Crippen LogP contribution in [0.1, 0.15) is 30.1 Å². The Hall–Kier alpha value is -1.66. The molecule has 2 fully saturated rings. The van der Waals surface area contributed by atoms with Gasteiger partial charge in [-0.25, -0.2) is 0 Å². The monoisotopic (exact) mass is 305 g/mol. The van der Waals surface area contributed by atoms with Gasteiger partial charge < -0.3 is 14.7 Å². The maximum atomic E-state index is 12.6. The highest BCUT2D eigenvalue weighted by molar-refractivity contribution is 5.96. The number of nitrogens with zero attached hydrogens (tertiary/aromatic N) is 3. The number of rotatable bonds is 3. The van der Waals surface area contributed by atoms with Crippen molar-refractivity contribution in [3.05, 3.63) is 24.0 Å². The van der Waals surface area contributed by atoms with Gasteiger partial charge in [-0.05, 0) is 12.5 Å². The van der Waals surface area contributed by atoms with E-state index in [0.717, 1.165) is 26.0 Å². The fourth-order valence-electron chi connectivity index (χ4n) is 3.44. The molecule has 2 aliphatic rings. The number of ether oxygens (including phenoxy) is 1. The van der Waals surface area contributed by atoms with Crippen LogP contribution in [0.15, 0.2) is 18.5 Å². The van der Waals surface area contributed by atoms with Gasteiger partial charge in [-0.1, -0.05) is 13.3 Å². The molecule has 0 aromatic carbocycles. The average Bonchev–Trinajstić information content (AvgIpc) is 2.55. The summed E-state index contributed by atoms with van der Waals surface area (Å²) < 4.78 is 5.72. The van der Waals surface area contributed by atoms with Gasteiger partial charge in [-0.15, -0.1) is 0 Å². The second kappa shape index (κ2) is 6.62. The molecule has 2 aliphatic heterocycles. The van der Waals surface area contributed by atoms with Crippen molar-refractivity contribution in [1.29, 1.82) is 0 Å². The number of aromatic nitrogens is 1. The van der Waals surface area contributed by atoms with E-state index in [1.54, 1.807) is 6.07 Å². The molecule has 0 saturated carbocycles. The van der Waals surface area contributed by atoms with Crippen LogP contribution >= 0.6 is 0 Å². The first-order valence-electron chi connectivity index (χ1n) is 7.96. The van der Waals surface area contributed by atoms with Crippen LogP contribution in [0.3, 0.4) is 0 Å². The lowest BCUT2D eigenvalue weighted by Gasteiger charge is -2.48. The highest BCUT2D eigenvalue weighted by Gasteiger charge is 2.37. The fourth-order valence-corrected chi connectivity index (χ4v) is 3.44. The molecule has 1 N–H and O–H groups in total. The maximum Gasteiger partial charge on any atom is 0.257 e. The highest BCUT2D eigenvalue weighted by atomic mass is 16.5. The number of pyridine rings is 1. The first kappa shape index (κ1) is 15.2. The van der Waals surface area contributed by atoms with Crippen molar-refractivity contribution in [2.45, 2.75) is 31.8 Å². The number of hydrogen-bond acceptors (Lipinski definition) is 5. The van der Waals surface area contributed by atoms with Crippen molar-refractivity contribution >= 4 is 5.91 Å². The molecule has 0 radical (unpaired) electrons. The van der Waals surface area contributed by atoms with Gasteiger partial charge in [0.25, 0.3) is 5.91 Å². The van der Waals surface area contributed by atoms with Crippen molar-refractivity contribution < 1.29 is 14.6 Å². The first-order valence-corrected chi connectivity index (χ1v) is 7.96. The summed E-state index contributed by atoms with van der Waals surface area (Å²) in [7, 11) is 0. The standard InChI is InChI=1S/C16H23N3O3/c1-2-3-12-10-22-11-13-9-18(6-7-19(12)13)16(21)14-4-5-17-8-15(14)20/h4-5,8,12-13,20H,2-3,6-7,9-11H2,1H3/t12-,13+/m0/s1. The SMILES string of the molecule is CCC[C@H]1COC[C@H]2CN(C(=O)c3ccncc3O)CCN12. The van der Waals surface area contributed by atoms with Gasteiger partial charge in [0.2, 0.25) is 0 Å². The molecule has 0 aliphatic carbocycles. The normalized spacial score (nSPS) is 25.8. The van der Waals surface area contributed by atoms with E-state index in [1.165, 1.54) is 12.4 Å². The van der Waals surface area contributed by atoms with Crippen LogP contribution in [0.5, 0.6) is 5.75 Å². The topological polar surface area (TPSA) is 65.9 Å². The maximum absolute atomic E-state index is 12.6. The Bertz CT molecular complexity index is 535. The molecule has 120 valence electrons. The van der Waals surface area contributed by atoms with E-state index >= 15 is 0 Å². The summed E-state index contributed by atoms with van der Waals surface area (Å²) in [4.78, 5) is 20.7. The predicted molar refractivity (Wildman–Crippen MR) is 81.8 cm³/mol. The minimum atomic E-state index is -0.128. The molecule has 0 bridgehead atoms. The summed E-state index contributed by atoms with van der Waals surface area (Å²) in [6.07, 6.45) is 5.12. The summed E-state index contributed by atoms with van der Waals surface area (Å²) in [5, 5.41) is 9.81. The van der Waals surface area contributed by atoms with Crippen LogP contribution in [-0.2, 0) is 4.74 Å². The van der Waals surface area contributed by atoms with Crippen molar-refractivity contribution in [3.8, 4) is 5.75 Å². The zero-order valence-corrected chi connectivity index (χ0v) is 12.9. The van der Waals surface area contributed by atoms with Crippen LogP contribution in [0.25, 0.3) is 0 Å². The minimum Gasteiger partial charge on any atom is -0.505 e. The van der Waals surface area contributed by atoms with Gasteiger partial charge in [-0.2, -0.15) is 0 Å². The second-order valence-corrected chi connectivity index (χ2v) is 6.02. The molecule has 2 atom stereocenters. The van der Waals surface area contributed by atoms with Crippen LogP contribution < -0.4 is 0 Å². The van der Waals surface area contributed by atoms with Crippen LogP contribution in [0.2, 0.25) is 0 Å². The van der Waals surface area contributed by atoms with Crippen molar-refractivity contribution in [2.75, 3.05) is 32.8 Å². The minimum absolute atomic E-state index is 0.0568. The third-order valence-electron chi connectivity index (χ3n) is 4.56. The molecule has 1 amide bonds. The van der Waals surface area contributed by atoms with Gasteiger partial charge in [0.05, 0.1) is 31.0 Å². The number of carbonyl (C=O) groups excluding carboxylic acids is 1. The van der Waals surface area contributed by atoms with Gasteiger partial charge in [0, 0.05) is 31.9 Å². The third-order valence-corrected chi connectivity index (χ3v) is 4.56. The Balaban J connectivity index is 1.69. The smallest absolute Gasteiger partial charge is 0.257 e. The Labute approximate surface area is 130 Å². The summed E-state index contributed by atoms with van der Waals surface area (Å²) in [6.45, 7) is 5.87. The van der Waals surface area contributed by atoms with Gasteiger partial charge in [-0.3, -0.25) is 14.7 Å². The number of morpholine rings is 1. The quantitative estimate of drug-likeness (QED) is 0.906. The molecule has 0 spiro atoms. The number of hydrogen-bond donors (Lipinski definition) is 1. The van der Waals surface area contributed by atoms with Crippen molar-refractivity contribution in [2.24, 2.45) is 0 Å². The lowest BCUT2D eigenvalue weighted by molar-refractivity contribution is -0.0776. The molecule has 3 heterocycles. The Morgan fingerprint density at radius 3 is 3.09 bits per heavy atom. The molecule has 3 rings (SSSR count). The molecule has 1 aromatic rings. The molecule has 2 saturated heterocycles. The molecule has 1 aromatic heterocycles. The fraction of sp³-hybridized carbons (Fsp3) is 0.625. The average molecular weight is 305 g/mol. The van der Waals surface area contributed by atoms with Crippen LogP contribution in [0.4, 0.5) is 0 Å². The Morgan fingerprint density at radius 2 is 2.32 bits per heavy atom. The Morgan fingerprint density at radius 1 is 1.45 bits per heavy atom. The first-order chi connectivity index (χ1) is 10.7. The van der Waals surface area contributed by atoms with Crippen molar-refractivity contribution in [3.63, 3.8) is 0 Å². The molecular weight excluding hydrogens is 282 g/mol. The van der Waals surface area contributed by atoms with Crippen LogP contribution in [-0.4, -0.2) is 70.7 Å². The predicted octanol–water partition coefficient (Wildman–Crippen LogP) is 1.11. The van der Waals surface area contributed by atoms with Gasteiger partial charge in [0.1, 0.15) is 5.75 Å². The third kappa shape index (κ3) is 2.94. The van der Waals surface area contributed by atoms with Crippen LogP contribution in [0, 0.1) is 0 Å². The van der Waals surface area contributed by atoms with E-state index in [-0.39, 0.29) is 17.7 Å². The molecular formula is C16H23N3O3. The zero-order chi connectivity index (χ0) is 15.5. The van der Waals surface area contributed by atoms with E-state index < -0.39 is 0 Å². The number of amides is 1. The van der Waals surface area contributed by atoms with E-state index in [4.69, 9.17) is 4.74 Å². The van der Waals surface area contributed by atoms with E-state index in [2.05, 4.69) is 16.8 Å². The number of piperazine rings is 1. The molecule has 22 heavy (non-hydrogen) atoms. The summed E-state index contributed by atoms with van der Waals surface area (Å²) in [5.41, 5.74) is 0.324. The van der Waals surface area contributed by atoms with Gasteiger partial charge >= 0.3 is 0 Å². The summed E-state index contributed by atoms with van der Waals surface area (Å²) in [5.74, 6) is -0.184. The Kier molecular flexibility index (Phi) is 4.59. The highest BCUT2D eigenvalue weighted by Crippen LogP contribution is 2.24. The van der Waals surface area contributed by atoms with Gasteiger partial charge in [0.15, 0.2) is 0 Å². The lowest BCUT2D eigenvalue weighted by atomic mass is 10.0. The summed E-state index contributed by atoms with van der Waals surface area (Å²) >= 11 is 0. The molecule has 0 unspecified atom stereocenters. The number of fused-ring (bicyclic) bond motifs is 1. The zero-order valence-electron chi connectivity index (χ0n) is 12.9. The molecule has 6 heteroatoms. The number of carbonyl (C=O) groups is 1. The second-order valence-electron chi connectivity index (χ2n) is 6.02. The number of aromatic hydroxyl groups is 1.